The van der Waals surface area contributed by atoms with Crippen molar-refractivity contribution < 1.29 is 71.6 Å². The van der Waals surface area contributed by atoms with Crippen LogP contribution >= 0.6 is 0 Å². The second kappa shape index (κ2) is 28.5. The van der Waals surface area contributed by atoms with Crippen molar-refractivity contribution in [1.29, 1.82) is 0 Å². The second-order valence-electron chi connectivity index (χ2n) is 25.4. The first kappa shape index (κ1) is 65.8. The van der Waals surface area contributed by atoms with Crippen LogP contribution in [0.3, 0.4) is 0 Å². The predicted octanol–water partition coefficient (Wildman–Crippen LogP) is 4.63. The highest BCUT2D eigenvalue weighted by atomic mass is 16.6. The average molecular weight is 1160 g/mol. The number of amides is 6. The van der Waals surface area contributed by atoms with Gasteiger partial charge >= 0.3 is 29.9 Å². The summed E-state index contributed by atoms with van der Waals surface area (Å²) in [5, 5.41) is 14.0. The molecule has 2 bridgehead atoms. The SMILES string of the molecule is CC1=C[C@H]2OC3CC4OC(=O)/C=C\C=C\C(=O)OCC[C@@H](C)C(NC(=O)C(C)(C)CC(C)(C)CC(=O)OCC5=CCC(NC(=O)[C@H](CCCNC(N)=O)NC(=O)C(NC(=O)CCCCCN)C(C)C)C=C5)C(=O)OC[C@@]2(CC1)C4(C)[C@]31CO1. The number of carbonyl (C=O) groups excluding carboxylic acids is 9. The van der Waals surface area contributed by atoms with Gasteiger partial charge in [0.25, 0.3) is 0 Å². The molecular weight excluding hydrogens is 1070 g/mol. The summed E-state index contributed by atoms with van der Waals surface area (Å²) in [5.74, 6) is -5.02. The zero-order valence-corrected chi connectivity index (χ0v) is 50.0. The Hall–Kier alpha value is -6.39. The van der Waals surface area contributed by atoms with E-state index in [1.165, 1.54) is 24.3 Å². The fourth-order valence-corrected chi connectivity index (χ4v) is 12.7. The van der Waals surface area contributed by atoms with E-state index in [0.29, 0.717) is 57.2 Å². The topological polar surface area (TPSA) is 324 Å². The Morgan fingerprint density at radius 2 is 1.61 bits per heavy atom. The summed E-state index contributed by atoms with van der Waals surface area (Å²) in [4.78, 5) is 120. The molecule has 0 aromatic heterocycles. The van der Waals surface area contributed by atoms with E-state index < -0.39 is 117 Å². The number of primary amides is 1. The highest BCUT2D eigenvalue weighted by Crippen LogP contribution is 2.72. The Morgan fingerprint density at radius 3 is 2.28 bits per heavy atom. The Bertz CT molecular complexity index is 2570. The molecule has 9 N–H and O–H groups in total. The van der Waals surface area contributed by atoms with Gasteiger partial charge in [0.1, 0.15) is 43.0 Å². The van der Waals surface area contributed by atoms with Gasteiger partial charge in [-0.05, 0) is 94.1 Å². The fourth-order valence-electron chi connectivity index (χ4n) is 12.7. The largest absolute Gasteiger partial charge is 0.463 e. The molecule has 1 saturated carbocycles. The molecule has 460 valence electrons. The monoisotopic (exact) mass is 1160 g/mol. The number of epoxide rings is 1. The summed E-state index contributed by atoms with van der Waals surface area (Å²) in [6.07, 6.45) is 16.4. The van der Waals surface area contributed by atoms with Crippen molar-refractivity contribution in [1.82, 2.24) is 26.6 Å². The molecule has 0 radical (unpaired) electrons. The lowest BCUT2D eigenvalue weighted by molar-refractivity contribution is -0.233. The number of nitrogens with one attached hydrogen (secondary N) is 5. The molecule has 3 aliphatic heterocycles. The van der Waals surface area contributed by atoms with E-state index in [0.717, 1.165) is 18.4 Å². The maximum absolute atomic E-state index is 14.6. The molecule has 22 nitrogen and oxygen atoms in total. The molecule has 2 saturated heterocycles. The third-order valence-corrected chi connectivity index (χ3v) is 17.5. The van der Waals surface area contributed by atoms with Gasteiger partial charge in [-0.15, -0.1) is 0 Å². The molecule has 0 aromatic rings. The number of hydrogen-bond donors (Lipinski definition) is 7. The highest BCUT2D eigenvalue weighted by Gasteiger charge is 2.83. The Kier molecular flexibility index (Phi) is 22.5. The highest BCUT2D eigenvalue weighted by molar-refractivity contribution is 5.92. The van der Waals surface area contributed by atoms with Crippen LogP contribution in [-0.2, 0) is 66.8 Å². The number of allylic oxidation sites excluding steroid dienone is 3. The van der Waals surface area contributed by atoms with Crippen LogP contribution in [0.2, 0.25) is 0 Å². The van der Waals surface area contributed by atoms with Gasteiger partial charge in [0.05, 0.1) is 43.3 Å². The standard InChI is InChI=1S/C61H91N7O15/c1-37(2)50(67-46(69)17-11-10-14-27-62)53(74)66-42(16-15-28-64-56(63)77)52(73)65-41-22-20-40(21-23-41)33-79-49(72)32-57(5,6)34-58(7,8)55(76)68-51-39(4)25-29-78-47(70)18-12-13-19-48(71)83-43-31-45-61(36-81-61)59(43,9)60(35-80-54(51)75)26-24-38(3)30-44(60)82-45/h12-13,18-22,30,37,39,41-45,50-51H,10-11,14-17,23-29,31-36,62H2,1-9H3,(H,65,73)(H,66,74)(H,67,69)(H,68,76)(H3,63,64,77)/b18-12+,19-13-/t39-,41?,42+,43?,44-,45?,50?,51?,59?,60-,61+/m1/s1. The number of unbranched alkanes of at least 4 members (excludes halogenated alkanes) is 2. The molecule has 3 heterocycles. The van der Waals surface area contributed by atoms with Crippen molar-refractivity contribution in [3.63, 3.8) is 0 Å². The van der Waals surface area contributed by atoms with Crippen LogP contribution in [0.15, 0.2) is 59.8 Å². The molecule has 2 spiro atoms. The van der Waals surface area contributed by atoms with E-state index in [4.69, 9.17) is 39.9 Å². The van der Waals surface area contributed by atoms with E-state index in [2.05, 4.69) is 32.7 Å². The van der Waals surface area contributed by atoms with Crippen molar-refractivity contribution in [2.45, 2.75) is 194 Å². The van der Waals surface area contributed by atoms with E-state index >= 15 is 0 Å². The first-order valence-corrected chi connectivity index (χ1v) is 29.5. The summed E-state index contributed by atoms with van der Waals surface area (Å²) in [6.45, 7) is 17.5. The van der Waals surface area contributed by atoms with E-state index in [1.54, 1.807) is 46.8 Å². The number of cyclic esters (lactones) is 2. The van der Waals surface area contributed by atoms with Gasteiger partial charge in [-0.3, -0.25) is 24.0 Å². The summed E-state index contributed by atoms with van der Waals surface area (Å²) >= 11 is 0. The summed E-state index contributed by atoms with van der Waals surface area (Å²) in [5.41, 5.74) is 8.26. The van der Waals surface area contributed by atoms with Gasteiger partial charge < -0.3 is 66.5 Å². The first-order chi connectivity index (χ1) is 39.2. The third kappa shape index (κ3) is 16.7. The molecule has 6 aliphatic rings. The van der Waals surface area contributed by atoms with Crippen molar-refractivity contribution in [2.24, 2.45) is 45.0 Å². The lowest BCUT2D eigenvalue weighted by Crippen LogP contribution is -2.67. The first-order valence-electron chi connectivity index (χ1n) is 29.5. The number of rotatable bonds is 23. The number of carbonyl (C=O) groups is 9. The quantitative estimate of drug-likeness (QED) is 0.0241. The molecule has 6 unspecified atom stereocenters. The minimum absolute atomic E-state index is 0.0462. The lowest BCUT2D eigenvalue weighted by Gasteiger charge is -2.58. The molecule has 0 aromatic carbocycles. The van der Waals surface area contributed by atoms with Crippen LogP contribution in [-0.4, -0.2) is 141 Å². The maximum atomic E-state index is 14.6. The van der Waals surface area contributed by atoms with Gasteiger partial charge in [-0.25, -0.2) is 19.2 Å². The fraction of sp³-hybridized carbons (Fsp3) is 0.689. The maximum Gasteiger partial charge on any atom is 0.331 e. The van der Waals surface area contributed by atoms with Crippen LogP contribution in [0.25, 0.3) is 0 Å². The van der Waals surface area contributed by atoms with Crippen molar-refractivity contribution in [2.75, 3.05) is 39.5 Å². The van der Waals surface area contributed by atoms with Crippen molar-refractivity contribution in [3.8, 4) is 0 Å². The van der Waals surface area contributed by atoms with Crippen LogP contribution in [0.1, 0.15) is 146 Å². The van der Waals surface area contributed by atoms with Crippen LogP contribution in [0, 0.1) is 33.5 Å². The molecular formula is C61H91N7O15. The molecule has 3 fully saturated rings. The number of esters is 4. The van der Waals surface area contributed by atoms with Crippen molar-refractivity contribution >= 4 is 53.5 Å². The molecule has 11 atom stereocenters. The van der Waals surface area contributed by atoms with Gasteiger partial charge in [-0.2, -0.15) is 0 Å². The van der Waals surface area contributed by atoms with E-state index in [-0.39, 0.29) is 76.4 Å². The number of hydrogen-bond acceptors (Lipinski definition) is 16. The second-order valence-corrected chi connectivity index (χ2v) is 25.4. The van der Waals surface area contributed by atoms with Crippen LogP contribution < -0.4 is 38.1 Å². The number of nitrogens with two attached hydrogens (primary N) is 2. The van der Waals surface area contributed by atoms with Crippen LogP contribution in [0.5, 0.6) is 0 Å². The number of ether oxygens (including phenoxy) is 6. The molecule has 83 heavy (non-hydrogen) atoms. The minimum Gasteiger partial charge on any atom is -0.463 e. The average Bonchev–Trinajstić information content (AvgIpc) is 1.51. The summed E-state index contributed by atoms with van der Waals surface area (Å²) < 4.78 is 36.8. The Labute approximate surface area is 488 Å². The number of urea groups is 1. The molecule has 22 heteroatoms. The predicted molar refractivity (Wildman–Crippen MR) is 306 cm³/mol. The third-order valence-electron chi connectivity index (χ3n) is 17.5. The van der Waals surface area contributed by atoms with E-state index in [1.807, 2.05) is 33.8 Å². The summed E-state index contributed by atoms with van der Waals surface area (Å²) in [6, 6.07) is -4.24. The van der Waals surface area contributed by atoms with E-state index in [9.17, 15) is 43.2 Å². The Balaban J connectivity index is 1.05. The summed E-state index contributed by atoms with van der Waals surface area (Å²) in [7, 11) is 0. The molecule has 6 amide bonds. The lowest BCUT2D eigenvalue weighted by atomic mass is 9.51. The van der Waals surface area contributed by atoms with Gasteiger partial charge in [-0.1, -0.05) is 104 Å². The molecule has 3 aliphatic carbocycles. The minimum atomic E-state index is -1.18. The van der Waals surface area contributed by atoms with Crippen LogP contribution in [0.4, 0.5) is 4.79 Å². The van der Waals surface area contributed by atoms with Gasteiger partial charge in [0.2, 0.25) is 23.6 Å². The Morgan fingerprint density at radius 1 is 0.892 bits per heavy atom. The normalized spacial score (nSPS) is 29.6. The van der Waals surface area contributed by atoms with Gasteiger partial charge in [0.15, 0.2) is 0 Å². The smallest absolute Gasteiger partial charge is 0.331 e. The molecule has 6 rings (SSSR count). The van der Waals surface area contributed by atoms with Gasteiger partial charge in [0, 0.05) is 42.4 Å². The van der Waals surface area contributed by atoms with Crippen molar-refractivity contribution in [3.05, 3.63) is 59.8 Å². The zero-order chi connectivity index (χ0) is 60.9. The zero-order valence-electron chi connectivity index (χ0n) is 50.0.